The number of halogens is 1. The molecule has 0 aliphatic heterocycles. The molecule has 1 aromatic rings. The number of aryl methyl sites for hydroxylation is 1. The van der Waals surface area contributed by atoms with Crippen molar-refractivity contribution in [3.8, 4) is 0 Å². The molecular weight excluding hydrogens is 320 g/mol. The van der Waals surface area contributed by atoms with E-state index in [0.717, 1.165) is 0 Å². The van der Waals surface area contributed by atoms with Crippen LogP contribution in [0.1, 0.15) is 19.3 Å². The number of hydrazine groups is 1. The molecule has 3 N–H and O–H groups in total. The molecule has 8 nitrogen and oxygen atoms in total. The molecule has 0 aromatic carbocycles. The Labute approximate surface area is 116 Å². The first-order valence-electron chi connectivity index (χ1n) is 5.49. The molecule has 1 aromatic heterocycles. The number of nitrogens with one attached hydrogen (secondary N) is 1. The molecular formula is C10H13BrN4O4. The van der Waals surface area contributed by atoms with Gasteiger partial charge in [-0.25, -0.2) is 5.84 Å². The number of hydrogen-bond acceptors (Lipinski definition) is 5. The summed E-state index contributed by atoms with van der Waals surface area (Å²) in [4.78, 5) is 32.6. The first kappa shape index (κ1) is 15.3. The van der Waals surface area contributed by atoms with E-state index in [1.165, 1.54) is 16.8 Å². The second-order valence-corrected chi connectivity index (χ2v) is 4.74. The van der Waals surface area contributed by atoms with E-state index in [2.05, 4.69) is 15.9 Å². The minimum Gasteiger partial charge on any atom is -0.309 e. The van der Waals surface area contributed by atoms with Crippen LogP contribution in [0, 0.1) is 10.1 Å². The number of rotatable bonds is 6. The summed E-state index contributed by atoms with van der Waals surface area (Å²) < 4.78 is 1.71. The fourth-order valence-corrected chi connectivity index (χ4v) is 1.99. The highest BCUT2D eigenvalue weighted by molar-refractivity contribution is 9.10. The summed E-state index contributed by atoms with van der Waals surface area (Å²) >= 11 is 3.11. The highest BCUT2D eigenvalue weighted by atomic mass is 79.9. The molecule has 0 bridgehead atoms. The Morgan fingerprint density at radius 3 is 2.79 bits per heavy atom. The maximum atomic E-state index is 11.7. The molecule has 0 spiro atoms. The maximum Gasteiger partial charge on any atom is 0.335 e. The van der Waals surface area contributed by atoms with Gasteiger partial charge >= 0.3 is 11.2 Å². The summed E-state index contributed by atoms with van der Waals surface area (Å²) in [6.07, 6.45) is 2.82. The van der Waals surface area contributed by atoms with Gasteiger partial charge < -0.3 is 4.57 Å². The zero-order valence-electron chi connectivity index (χ0n) is 9.97. The second kappa shape index (κ2) is 7.00. The Morgan fingerprint density at radius 1 is 1.53 bits per heavy atom. The number of pyridine rings is 1. The molecule has 9 heteroatoms. The molecule has 104 valence electrons. The maximum absolute atomic E-state index is 11.7. The van der Waals surface area contributed by atoms with Crippen molar-refractivity contribution in [2.75, 3.05) is 0 Å². The molecule has 0 fully saturated rings. The predicted octanol–water partition coefficient (Wildman–Crippen LogP) is 0.679. The van der Waals surface area contributed by atoms with Crippen LogP contribution in [0.3, 0.4) is 0 Å². The van der Waals surface area contributed by atoms with Gasteiger partial charge in [0, 0.05) is 29.7 Å². The lowest BCUT2D eigenvalue weighted by atomic mass is 10.2. The summed E-state index contributed by atoms with van der Waals surface area (Å²) in [5.41, 5.74) is 0.870. The van der Waals surface area contributed by atoms with E-state index in [1.54, 1.807) is 0 Å². The van der Waals surface area contributed by atoms with Gasteiger partial charge in [-0.2, -0.15) is 0 Å². The Hall–Kier alpha value is -1.74. The van der Waals surface area contributed by atoms with Gasteiger partial charge in [-0.3, -0.25) is 25.1 Å². The van der Waals surface area contributed by atoms with Crippen molar-refractivity contribution in [1.29, 1.82) is 0 Å². The lowest BCUT2D eigenvalue weighted by Crippen LogP contribution is -2.29. The van der Waals surface area contributed by atoms with Crippen LogP contribution in [0.2, 0.25) is 0 Å². The van der Waals surface area contributed by atoms with Crippen molar-refractivity contribution in [3.63, 3.8) is 0 Å². The molecule has 0 aliphatic carbocycles. The zero-order valence-corrected chi connectivity index (χ0v) is 11.6. The van der Waals surface area contributed by atoms with E-state index in [1.807, 2.05) is 5.43 Å². The summed E-state index contributed by atoms with van der Waals surface area (Å²) in [6.45, 7) is 0.303. The number of carbonyl (C=O) groups is 1. The Morgan fingerprint density at radius 2 is 2.21 bits per heavy atom. The molecule has 0 saturated carbocycles. The van der Waals surface area contributed by atoms with E-state index in [0.29, 0.717) is 23.9 Å². The fraction of sp³-hybridized carbons (Fsp3) is 0.400. The normalized spacial score (nSPS) is 10.2. The van der Waals surface area contributed by atoms with Crippen LogP contribution in [0.15, 0.2) is 21.5 Å². The number of carbonyl (C=O) groups excluding carboxylic acids is 1. The largest absolute Gasteiger partial charge is 0.335 e. The van der Waals surface area contributed by atoms with E-state index < -0.39 is 16.2 Å². The van der Waals surface area contributed by atoms with Crippen molar-refractivity contribution < 1.29 is 9.72 Å². The second-order valence-electron chi connectivity index (χ2n) is 3.82. The molecule has 1 rings (SSSR count). The third kappa shape index (κ3) is 4.45. The molecule has 19 heavy (non-hydrogen) atoms. The van der Waals surface area contributed by atoms with Gasteiger partial charge in [-0.15, -0.1) is 0 Å². The van der Waals surface area contributed by atoms with Gasteiger partial charge in [0.25, 0.3) is 0 Å². The van der Waals surface area contributed by atoms with Crippen molar-refractivity contribution in [2.45, 2.75) is 25.8 Å². The van der Waals surface area contributed by atoms with E-state index in [4.69, 9.17) is 5.84 Å². The number of nitro groups is 1. The van der Waals surface area contributed by atoms with Gasteiger partial charge in [-0.1, -0.05) is 0 Å². The number of nitrogens with two attached hydrogens (primary N) is 1. The van der Waals surface area contributed by atoms with Crippen LogP contribution in [-0.4, -0.2) is 15.4 Å². The molecule has 0 unspecified atom stereocenters. The molecule has 0 atom stereocenters. The quantitative estimate of drug-likeness (QED) is 0.261. The van der Waals surface area contributed by atoms with Crippen molar-refractivity contribution in [2.24, 2.45) is 5.84 Å². The highest BCUT2D eigenvalue weighted by Crippen LogP contribution is 2.14. The van der Waals surface area contributed by atoms with Crippen LogP contribution in [0.25, 0.3) is 0 Å². The summed E-state index contributed by atoms with van der Waals surface area (Å²) in [5, 5.41) is 10.7. The summed E-state index contributed by atoms with van der Waals surface area (Å²) in [5.74, 6) is 4.64. The van der Waals surface area contributed by atoms with Crippen LogP contribution in [0.5, 0.6) is 0 Å². The smallest absolute Gasteiger partial charge is 0.309 e. The lowest BCUT2D eigenvalue weighted by Gasteiger charge is -2.06. The molecule has 0 radical (unpaired) electrons. The molecule has 0 aliphatic rings. The number of unbranched alkanes of at least 4 members (excludes halogenated alkanes) is 1. The van der Waals surface area contributed by atoms with Crippen LogP contribution in [0.4, 0.5) is 5.69 Å². The predicted molar refractivity (Wildman–Crippen MR) is 71.2 cm³/mol. The van der Waals surface area contributed by atoms with Gasteiger partial charge in [-0.05, 0) is 28.8 Å². The average molecular weight is 333 g/mol. The Bertz CT molecular complexity index is 543. The standard InChI is InChI=1S/C10H13BrN4O4/c11-7-5-8(15(18)19)10(17)14(6-7)4-2-1-3-9(16)13-12/h5-6H,1-4,12H2,(H,13,16). The van der Waals surface area contributed by atoms with Gasteiger partial charge in [0.2, 0.25) is 5.91 Å². The van der Waals surface area contributed by atoms with Gasteiger partial charge in [0.1, 0.15) is 0 Å². The fourth-order valence-electron chi connectivity index (χ4n) is 1.52. The molecule has 1 heterocycles. The SMILES string of the molecule is NNC(=O)CCCCn1cc(Br)cc([N+](=O)[O-])c1=O. The Kier molecular flexibility index (Phi) is 5.64. The number of hydrogen-bond donors (Lipinski definition) is 2. The van der Waals surface area contributed by atoms with Crippen LogP contribution in [-0.2, 0) is 11.3 Å². The van der Waals surface area contributed by atoms with Crippen molar-refractivity contribution in [1.82, 2.24) is 9.99 Å². The zero-order chi connectivity index (χ0) is 14.4. The van der Waals surface area contributed by atoms with Crippen molar-refractivity contribution >= 4 is 27.5 Å². The Balaban J connectivity index is 2.71. The minimum absolute atomic E-state index is 0.251. The van der Waals surface area contributed by atoms with Gasteiger partial charge in [0.15, 0.2) is 0 Å². The van der Waals surface area contributed by atoms with E-state index >= 15 is 0 Å². The first-order chi connectivity index (χ1) is 8.95. The number of amides is 1. The highest BCUT2D eigenvalue weighted by Gasteiger charge is 2.15. The average Bonchev–Trinajstić information content (AvgIpc) is 2.37. The molecule has 1 amide bonds. The third-order valence-corrected chi connectivity index (χ3v) is 2.88. The monoisotopic (exact) mass is 332 g/mol. The van der Waals surface area contributed by atoms with Gasteiger partial charge in [0.05, 0.1) is 4.92 Å². The lowest BCUT2D eigenvalue weighted by molar-refractivity contribution is -0.386. The minimum atomic E-state index is -0.717. The van der Waals surface area contributed by atoms with Crippen LogP contribution >= 0.6 is 15.9 Å². The summed E-state index contributed by atoms with van der Waals surface area (Å²) in [7, 11) is 0. The topological polar surface area (TPSA) is 120 Å². The van der Waals surface area contributed by atoms with Crippen molar-refractivity contribution in [3.05, 3.63) is 37.2 Å². The number of aromatic nitrogens is 1. The third-order valence-electron chi connectivity index (χ3n) is 2.44. The molecule has 0 saturated heterocycles. The number of nitrogens with zero attached hydrogens (tertiary/aromatic N) is 2. The van der Waals surface area contributed by atoms with Crippen LogP contribution < -0.4 is 16.8 Å². The van der Waals surface area contributed by atoms with E-state index in [-0.39, 0.29) is 12.3 Å². The van der Waals surface area contributed by atoms with E-state index in [9.17, 15) is 19.7 Å². The summed E-state index contributed by atoms with van der Waals surface area (Å²) in [6, 6.07) is 1.17. The first-order valence-corrected chi connectivity index (χ1v) is 6.29.